The average Bonchev–Trinajstić information content (AvgIpc) is 2.49. The minimum atomic E-state index is 0.636. The zero-order chi connectivity index (χ0) is 14.2. The lowest BCUT2D eigenvalue weighted by molar-refractivity contribution is 0.247. The third kappa shape index (κ3) is 4.50. The third-order valence-electron chi connectivity index (χ3n) is 3.01. The van der Waals surface area contributed by atoms with Crippen LogP contribution in [-0.2, 0) is 6.42 Å². The van der Waals surface area contributed by atoms with Crippen LogP contribution in [0.4, 0.5) is 5.69 Å². The van der Waals surface area contributed by atoms with Gasteiger partial charge in [0.1, 0.15) is 11.5 Å². The van der Waals surface area contributed by atoms with E-state index in [4.69, 9.17) is 15.2 Å². The van der Waals surface area contributed by atoms with Crippen molar-refractivity contribution in [1.82, 2.24) is 0 Å². The molecule has 20 heavy (non-hydrogen) atoms. The third-order valence-corrected chi connectivity index (χ3v) is 3.01. The monoisotopic (exact) mass is 271 g/mol. The summed E-state index contributed by atoms with van der Waals surface area (Å²) in [6, 6.07) is 15.6. The second-order valence-corrected chi connectivity index (χ2v) is 4.62. The minimum Gasteiger partial charge on any atom is -0.493 e. The Hall–Kier alpha value is -2.16. The maximum absolute atomic E-state index is 5.71. The quantitative estimate of drug-likeness (QED) is 0.617. The van der Waals surface area contributed by atoms with Crippen LogP contribution in [0.25, 0.3) is 0 Å². The van der Waals surface area contributed by atoms with Gasteiger partial charge in [-0.15, -0.1) is 0 Å². The van der Waals surface area contributed by atoms with Gasteiger partial charge >= 0.3 is 0 Å². The number of rotatable bonds is 7. The van der Waals surface area contributed by atoms with Gasteiger partial charge in [0.05, 0.1) is 13.2 Å². The van der Waals surface area contributed by atoms with Crippen molar-refractivity contribution in [3.05, 3.63) is 54.1 Å². The van der Waals surface area contributed by atoms with Crippen LogP contribution in [0.5, 0.6) is 11.5 Å². The first-order valence-electron chi connectivity index (χ1n) is 6.98. The maximum atomic E-state index is 5.71. The zero-order valence-corrected chi connectivity index (χ0v) is 11.8. The van der Waals surface area contributed by atoms with Gasteiger partial charge in [-0.25, -0.2) is 0 Å². The SMILES string of the molecule is CCc1cccc(OCCCOc2ccc(N)cc2)c1. The Kier molecular flexibility index (Phi) is 5.30. The van der Waals surface area contributed by atoms with E-state index in [0.29, 0.717) is 13.2 Å². The van der Waals surface area contributed by atoms with Crippen LogP contribution in [-0.4, -0.2) is 13.2 Å². The Labute approximate surface area is 120 Å². The van der Waals surface area contributed by atoms with E-state index < -0.39 is 0 Å². The molecule has 0 spiro atoms. The van der Waals surface area contributed by atoms with Crippen molar-refractivity contribution in [2.75, 3.05) is 18.9 Å². The van der Waals surface area contributed by atoms with Crippen LogP contribution in [0.1, 0.15) is 18.9 Å². The Morgan fingerprint density at radius 3 is 2.30 bits per heavy atom. The van der Waals surface area contributed by atoms with Crippen molar-refractivity contribution in [3.8, 4) is 11.5 Å². The minimum absolute atomic E-state index is 0.636. The van der Waals surface area contributed by atoms with Crippen LogP contribution in [0.2, 0.25) is 0 Å². The van der Waals surface area contributed by atoms with E-state index >= 15 is 0 Å². The normalized spacial score (nSPS) is 10.2. The topological polar surface area (TPSA) is 44.5 Å². The lowest BCUT2D eigenvalue weighted by atomic mass is 10.2. The second kappa shape index (κ2) is 7.43. The molecule has 0 heterocycles. The average molecular weight is 271 g/mol. The summed E-state index contributed by atoms with van der Waals surface area (Å²) in [5, 5.41) is 0. The number of benzene rings is 2. The highest BCUT2D eigenvalue weighted by molar-refractivity contribution is 5.41. The highest BCUT2D eigenvalue weighted by Gasteiger charge is 1.97. The van der Waals surface area contributed by atoms with Crippen molar-refractivity contribution in [2.45, 2.75) is 19.8 Å². The number of aryl methyl sites for hydroxylation is 1. The Morgan fingerprint density at radius 1 is 0.900 bits per heavy atom. The first-order valence-corrected chi connectivity index (χ1v) is 6.98. The van der Waals surface area contributed by atoms with Gasteiger partial charge in [-0.2, -0.15) is 0 Å². The first kappa shape index (κ1) is 14.3. The van der Waals surface area contributed by atoms with E-state index in [-0.39, 0.29) is 0 Å². The zero-order valence-electron chi connectivity index (χ0n) is 11.8. The second-order valence-electron chi connectivity index (χ2n) is 4.62. The van der Waals surface area contributed by atoms with Crippen molar-refractivity contribution >= 4 is 5.69 Å². The molecule has 0 saturated carbocycles. The highest BCUT2D eigenvalue weighted by Crippen LogP contribution is 2.15. The summed E-state index contributed by atoms with van der Waals surface area (Å²) in [6.07, 6.45) is 1.87. The van der Waals surface area contributed by atoms with E-state index in [9.17, 15) is 0 Å². The van der Waals surface area contributed by atoms with Crippen molar-refractivity contribution < 1.29 is 9.47 Å². The fourth-order valence-electron chi connectivity index (χ4n) is 1.86. The van der Waals surface area contributed by atoms with Crippen LogP contribution in [0, 0.1) is 0 Å². The van der Waals surface area contributed by atoms with Crippen LogP contribution < -0.4 is 15.2 Å². The predicted molar refractivity (Wildman–Crippen MR) is 82.3 cm³/mol. The number of hydrogen-bond donors (Lipinski definition) is 1. The molecule has 0 aliphatic heterocycles. The van der Waals surface area contributed by atoms with Gasteiger partial charge in [-0.1, -0.05) is 19.1 Å². The largest absolute Gasteiger partial charge is 0.493 e. The molecule has 2 rings (SSSR count). The molecule has 3 heteroatoms. The molecule has 0 bridgehead atoms. The standard InChI is InChI=1S/C17H21NO2/c1-2-14-5-3-6-17(13-14)20-12-4-11-19-16-9-7-15(18)8-10-16/h3,5-10,13H,2,4,11-12,18H2,1H3. The number of nitrogen functional groups attached to an aromatic ring is 1. The molecule has 0 aromatic heterocycles. The molecule has 0 amide bonds. The molecule has 3 nitrogen and oxygen atoms in total. The molecule has 2 N–H and O–H groups in total. The Balaban J connectivity index is 1.67. The molecule has 2 aromatic rings. The van der Waals surface area contributed by atoms with Crippen LogP contribution in [0.15, 0.2) is 48.5 Å². The number of hydrogen-bond acceptors (Lipinski definition) is 3. The molecular formula is C17H21NO2. The summed E-state index contributed by atoms with van der Waals surface area (Å²) < 4.78 is 11.3. The molecule has 0 saturated heterocycles. The van der Waals surface area contributed by atoms with E-state index in [1.54, 1.807) is 0 Å². The lowest BCUT2D eigenvalue weighted by Gasteiger charge is -2.09. The molecule has 2 aromatic carbocycles. The van der Waals surface area contributed by atoms with Crippen LogP contribution >= 0.6 is 0 Å². The van der Waals surface area contributed by atoms with Gasteiger partial charge in [-0.3, -0.25) is 0 Å². The van der Waals surface area contributed by atoms with E-state index in [0.717, 1.165) is 30.0 Å². The van der Waals surface area contributed by atoms with Crippen molar-refractivity contribution in [1.29, 1.82) is 0 Å². The summed E-state index contributed by atoms with van der Waals surface area (Å²) in [4.78, 5) is 0. The van der Waals surface area contributed by atoms with Gasteiger partial charge in [-0.05, 0) is 48.4 Å². The Bertz CT molecular complexity index is 523. The summed E-state index contributed by atoms with van der Waals surface area (Å²) >= 11 is 0. The summed E-state index contributed by atoms with van der Waals surface area (Å²) in [7, 11) is 0. The molecule has 0 radical (unpaired) electrons. The number of nitrogens with two attached hydrogens (primary N) is 1. The summed E-state index contributed by atoms with van der Waals surface area (Å²) in [6.45, 7) is 3.43. The van der Waals surface area contributed by atoms with E-state index in [2.05, 4.69) is 19.1 Å². The number of anilines is 1. The van der Waals surface area contributed by atoms with Gasteiger partial charge in [0.15, 0.2) is 0 Å². The van der Waals surface area contributed by atoms with Gasteiger partial charge in [0.2, 0.25) is 0 Å². The van der Waals surface area contributed by atoms with E-state index in [1.165, 1.54) is 5.56 Å². The first-order chi connectivity index (χ1) is 9.78. The molecule has 0 aliphatic rings. The van der Waals surface area contributed by atoms with Crippen LogP contribution in [0.3, 0.4) is 0 Å². The predicted octanol–water partition coefficient (Wildman–Crippen LogP) is 3.68. The molecule has 0 unspecified atom stereocenters. The fraction of sp³-hybridized carbons (Fsp3) is 0.294. The Morgan fingerprint density at radius 2 is 1.60 bits per heavy atom. The molecule has 0 aliphatic carbocycles. The molecule has 0 atom stereocenters. The summed E-state index contributed by atoms with van der Waals surface area (Å²) in [5.41, 5.74) is 7.65. The van der Waals surface area contributed by atoms with Gasteiger partial charge in [0, 0.05) is 12.1 Å². The van der Waals surface area contributed by atoms with Gasteiger partial charge in [0.25, 0.3) is 0 Å². The summed E-state index contributed by atoms with van der Waals surface area (Å²) in [5.74, 6) is 1.77. The molecule has 106 valence electrons. The van der Waals surface area contributed by atoms with Gasteiger partial charge < -0.3 is 15.2 Å². The lowest BCUT2D eigenvalue weighted by Crippen LogP contribution is -2.05. The molecule has 0 fully saturated rings. The van der Waals surface area contributed by atoms with Crippen molar-refractivity contribution in [3.63, 3.8) is 0 Å². The molecular weight excluding hydrogens is 250 g/mol. The highest BCUT2D eigenvalue weighted by atomic mass is 16.5. The number of ether oxygens (including phenoxy) is 2. The van der Waals surface area contributed by atoms with Crippen molar-refractivity contribution in [2.24, 2.45) is 0 Å². The fourth-order valence-corrected chi connectivity index (χ4v) is 1.86. The maximum Gasteiger partial charge on any atom is 0.119 e. The smallest absolute Gasteiger partial charge is 0.119 e. The van der Waals surface area contributed by atoms with E-state index in [1.807, 2.05) is 36.4 Å².